The highest BCUT2D eigenvalue weighted by atomic mass is 16.2. The Hall–Kier alpha value is -2.35. The normalized spacial score (nSPS) is 32.1. The summed E-state index contributed by atoms with van der Waals surface area (Å²) >= 11 is 0. The minimum absolute atomic E-state index is 0.159. The number of fused-ring (bicyclic) bond motifs is 1. The average Bonchev–Trinajstić information content (AvgIpc) is 3.09. The van der Waals surface area contributed by atoms with Gasteiger partial charge >= 0.3 is 0 Å². The highest BCUT2D eigenvalue weighted by Gasteiger charge is 2.56. The van der Waals surface area contributed by atoms with E-state index in [0.717, 1.165) is 43.0 Å². The summed E-state index contributed by atoms with van der Waals surface area (Å²) in [6.07, 6.45) is 11.3. The Morgan fingerprint density at radius 1 is 1.36 bits per heavy atom. The molecule has 2 aliphatic heterocycles. The number of aromatic amines is 1. The second-order valence-electron chi connectivity index (χ2n) is 9.67. The molecule has 2 aliphatic carbocycles. The molecule has 2 saturated heterocycles. The quantitative estimate of drug-likeness (QED) is 0.861. The Balaban J connectivity index is 1.40. The van der Waals surface area contributed by atoms with E-state index in [9.17, 15) is 10.1 Å². The van der Waals surface area contributed by atoms with Crippen molar-refractivity contribution in [3.05, 3.63) is 30.2 Å². The van der Waals surface area contributed by atoms with Gasteiger partial charge in [0.2, 0.25) is 5.91 Å². The van der Waals surface area contributed by atoms with E-state index in [1.807, 2.05) is 12.3 Å². The van der Waals surface area contributed by atoms with Gasteiger partial charge in [0.05, 0.1) is 11.5 Å². The number of hydrogen-bond donors (Lipinski definition) is 1. The van der Waals surface area contributed by atoms with E-state index in [4.69, 9.17) is 0 Å². The van der Waals surface area contributed by atoms with E-state index in [1.54, 1.807) is 6.20 Å². The summed E-state index contributed by atoms with van der Waals surface area (Å²) in [4.78, 5) is 23.3. The molecule has 1 N–H and O–H groups in total. The van der Waals surface area contributed by atoms with Gasteiger partial charge in [-0.3, -0.25) is 9.78 Å². The number of aromatic nitrogens is 2. The molecular formula is C23H28N4O. The van der Waals surface area contributed by atoms with Crippen LogP contribution in [0.2, 0.25) is 0 Å². The fourth-order valence-corrected chi connectivity index (χ4v) is 6.46. The number of H-pyrrole nitrogens is 1. The van der Waals surface area contributed by atoms with Gasteiger partial charge in [-0.1, -0.05) is 13.8 Å². The Morgan fingerprint density at radius 3 is 2.79 bits per heavy atom. The topological polar surface area (TPSA) is 72.8 Å². The minimum atomic E-state index is -0.159. The number of carbonyl (C=O) groups is 1. The molecule has 2 saturated carbocycles. The minimum Gasteiger partial charge on any atom is -0.361 e. The Bertz CT molecular complexity index is 939. The first-order valence-corrected chi connectivity index (χ1v) is 10.6. The van der Waals surface area contributed by atoms with Gasteiger partial charge in [-0.25, -0.2) is 0 Å². The number of amides is 1. The summed E-state index contributed by atoms with van der Waals surface area (Å²) in [5.41, 5.74) is 2.12. The maximum absolute atomic E-state index is 13.5. The number of pyridine rings is 1. The van der Waals surface area contributed by atoms with Crippen LogP contribution in [-0.2, 0) is 4.79 Å². The molecule has 1 amide bonds. The van der Waals surface area contributed by atoms with Gasteiger partial charge in [-0.15, -0.1) is 0 Å². The summed E-state index contributed by atoms with van der Waals surface area (Å²) in [5, 5.41) is 10.9. The zero-order valence-corrected chi connectivity index (χ0v) is 16.7. The third-order valence-electron chi connectivity index (χ3n) is 7.57. The third-order valence-corrected chi connectivity index (χ3v) is 7.57. The molecule has 3 unspecified atom stereocenters. The smallest absolute Gasteiger partial charge is 0.223 e. The largest absolute Gasteiger partial charge is 0.361 e. The molecule has 3 atom stereocenters. The molecule has 4 aliphatic rings. The summed E-state index contributed by atoms with van der Waals surface area (Å²) in [7, 11) is 0. The predicted octanol–water partition coefficient (Wildman–Crippen LogP) is 4.38. The fourth-order valence-electron chi connectivity index (χ4n) is 6.46. The highest BCUT2D eigenvalue weighted by molar-refractivity contribution is 5.84. The van der Waals surface area contributed by atoms with Crippen molar-refractivity contribution in [3.8, 4) is 6.07 Å². The number of nitrogens with zero attached hydrogens (tertiary/aromatic N) is 3. The first-order valence-electron chi connectivity index (χ1n) is 10.6. The van der Waals surface area contributed by atoms with Crippen molar-refractivity contribution < 1.29 is 4.79 Å². The van der Waals surface area contributed by atoms with Gasteiger partial charge in [0.1, 0.15) is 0 Å². The molecule has 5 nitrogen and oxygen atoms in total. The summed E-state index contributed by atoms with van der Waals surface area (Å²) in [5.74, 6) is 1.46. The van der Waals surface area contributed by atoms with Crippen LogP contribution in [0.3, 0.4) is 0 Å². The average molecular weight is 377 g/mol. The molecule has 28 heavy (non-hydrogen) atoms. The van der Waals surface area contributed by atoms with Crippen molar-refractivity contribution in [1.82, 2.24) is 14.9 Å². The number of piperidine rings is 2. The molecule has 4 heterocycles. The van der Waals surface area contributed by atoms with Gasteiger partial charge in [-0.2, -0.15) is 5.26 Å². The Labute approximate surface area is 166 Å². The summed E-state index contributed by atoms with van der Waals surface area (Å²) in [6.45, 7) is 4.40. The monoisotopic (exact) mass is 376 g/mol. The van der Waals surface area contributed by atoms with E-state index < -0.39 is 0 Å². The van der Waals surface area contributed by atoms with Crippen molar-refractivity contribution in [3.63, 3.8) is 0 Å². The van der Waals surface area contributed by atoms with Gasteiger partial charge in [0.15, 0.2) is 0 Å². The van der Waals surface area contributed by atoms with Crippen LogP contribution >= 0.6 is 0 Å². The van der Waals surface area contributed by atoms with Crippen molar-refractivity contribution in [2.24, 2.45) is 17.3 Å². The number of rotatable bonds is 4. The molecule has 4 bridgehead atoms. The SMILES string of the molecule is CC(C)C(CC(=O)N1C2CC3CC1CC(C#N)(C3)C2)c1c[nH]c2ccncc12. The Kier molecular flexibility index (Phi) is 4.01. The van der Waals surface area contributed by atoms with Crippen LogP contribution in [0.1, 0.15) is 63.9 Å². The maximum Gasteiger partial charge on any atom is 0.223 e. The van der Waals surface area contributed by atoms with E-state index in [1.165, 1.54) is 5.56 Å². The second kappa shape index (κ2) is 6.34. The van der Waals surface area contributed by atoms with E-state index in [2.05, 4.69) is 41.0 Å². The van der Waals surface area contributed by atoms with Gasteiger partial charge in [0.25, 0.3) is 0 Å². The lowest BCUT2D eigenvalue weighted by Gasteiger charge is -2.59. The van der Waals surface area contributed by atoms with Crippen molar-refractivity contribution in [2.45, 2.75) is 70.4 Å². The summed E-state index contributed by atoms with van der Waals surface area (Å²) in [6, 6.07) is 5.16. The van der Waals surface area contributed by atoms with Crippen LogP contribution in [0.5, 0.6) is 0 Å². The van der Waals surface area contributed by atoms with E-state index in [-0.39, 0.29) is 29.3 Å². The number of hydrogen-bond acceptors (Lipinski definition) is 3. The van der Waals surface area contributed by atoms with Gasteiger partial charge in [0, 0.05) is 48.0 Å². The van der Waals surface area contributed by atoms with Crippen LogP contribution < -0.4 is 0 Å². The first kappa shape index (κ1) is 17.7. The molecule has 0 radical (unpaired) electrons. The number of carbonyl (C=O) groups excluding carboxylic acids is 1. The number of nitriles is 1. The van der Waals surface area contributed by atoms with Crippen LogP contribution in [-0.4, -0.2) is 32.9 Å². The third kappa shape index (κ3) is 2.65. The highest BCUT2D eigenvalue weighted by Crippen LogP contribution is 2.56. The van der Waals surface area contributed by atoms with Crippen LogP contribution in [0.4, 0.5) is 0 Å². The molecule has 4 fully saturated rings. The Morgan fingerprint density at radius 2 is 2.11 bits per heavy atom. The van der Waals surface area contributed by atoms with Gasteiger partial charge in [-0.05, 0) is 61.5 Å². The van der Waals surface area contributed by atoms with Crippen molar-refractivity contribution in [2.75, 3.05) is 0 Å². The molecule has 0 aromatic carbocycles. The van der Waals surface area contributed by atoms with E-state index in [0.29, 0.717) is 18.3 Å². The maximum atomic E-state index is 13.5. The molecular weight excluding hydrogens is 348 g/mol. The zero-order chi connectivity index (χ0) is 19.5. The van der Waals surface area contributed by atoms with Crippen molar-refractivity contribution in [1.29, 1.82) is 5.26 Å². The predicted molar refractivity (Wildman–Crippen MR) is 107 cm³/mol. The molecule has 146 valence electrons. The zero-order valence-electron chi connectivity index (χ0n) is 16.7. The first-order chi connectivity index (χ1) is 13.5. The lowest BCUT2D eigenvalue weighted by Crippen LogP contribution is -2.63. The number of nitrogens with one attached hydrogen (secondary N) is 1. The van der Waals surface area contributed by atoms with Crippen LogP contribution in [0.15, 0.2) is 24.7 Å². The lowest BCUT2D eigenvalue weighted by atomic mass is 9.56. The van der Waals surface area contributed by atoms with E-state index >= 15 is 0 Å². The second-order valence-corrected chi connectivity index (χ2v) is 9.67. The van der Waals surface area contributed by atoms with Gasteiger partial charge < -0.3 is 9.88 Å². The molecule has 6 rings (SSSR count). The standard InChI is InChI=1S/C23H28N4O/c1-14(2)18(19-12-26-21-3-4-25-11-20(19)21)7-22(28)27-16-5-15-6-17(27)10-23(8-15,9-16)13-24/h3-4,11-12,14-18,26H,5-10H2,1-2H3. The molecule has 2 aromatic heterocycles. The molecule has 0 spiro atoms. The lowest BCUT2D eigenvalue weighted by molar-refractivity contribution is -0.153. The van der Waals surface area contributed by atoms with Crippen LogP contribution in [0, 0.1) is 28.6 Å². The molecule has 5 heteroatoms. The summed E-state index contributed by atoms with van der Waals surface area (Å²) < 4.78 is 0. The fraction of sp³-hybridized carbons (Fsp3) is 0.609. The van der Waals surface area contributed by atoms with Crippen LogP contribution in [0.25, 0.3) is 10.9 Å². The van der Waals surface area contributed by atoms with Crippen molar-refractivity contribution >= 4 is 16.8 Å². The molecule has 2 aromatic rings.